The van der Waals surface area contributed by atoms with Crippen LogP contribution in [-0.4, -0.2) is 41.0 Å². The second-order valence-corrected chi connectivity index (χ2v) is 4.56. The van der Waals surface area contributed by atoms with Crippen molar-refractivity contribution in [2.45, 2.75) is 6.54 Å². The van der Waals surface area contributed by atoms with E-state index in [1.54, 1.807) is 6.07 Å². The summed E-state index contributed by atoms with van der Waals surface area (Å²) in [5.74, 6) is 0.751. The van der Waals surface area contributed by atoms with E-state index >= 15 is 0 Å². The smallest absolute Gasteiger partial charge is 0.258 e. The van der Waals surface area contributed by atoms with Crippen LogP contribution in [0.2, 0.25) is 0 Å². The van der Waals surface area contributed by atoms with Crippen LogP contribution < -0.4 is 10.9 Å². The van der Waals surface area contributed by atoms with E-state index in [1.807, 2.05) is 18.2 Å². The minimum absolute atomic E-state index is 0. The van der Waals surface area contributed by atoms with Gasteiger partial charge in [0.2, 0.25) is 0 Å². The zero-order valence-electron chi connectivity index (χ0n) is 11.0. The molecule has 2 heterocycles. The predicted molar refractivity (Wildman–Crippen MR) is 85.0 cm³/mol. The van der Waals surface area contributed by atoms with Gasteiger partial charge in [-0.2, -0.15) is 0 Å². The lowest BCUT2D eigenvalue weighted by Crippen LogP contribution is -2.43. The molecule has 0 atom stereocenters. The van der Waals surface area contributed by atoms with Gasteiger partial charge in [0, 0.05) is 26.2 Å². The molecule has 0 radical (unpaired) electrons. The molecule has 0 bridgehead atoms. The molecule has 1 aromatic heterocycles. The Morgan fingerprint density at radius 3 is 2.60 bits per heavy atom. The molecule has 1 aliphatic heterocycles. The van der Waals surface area contributed by atoms with E-state index in [2.05, 4.69) is 20.2 Å². The zero-order chi connectivity index (χ0) is 12.4. The highest BCUT2D eigenvalue weighted by Gasteiger charge is 2.11. The van der Waals surface area contributed by atoms with Crippen molar-refractivity contribution in [1.29, 1.82) is 0 Å². The second-order valence-electron chi connectivity index (χ2n) is 4.56. The minimum Gasteiger partial charge on any atom is -0.314 e. The van der Waals surface area contributed by atoms with Crippen LogP contribution in [-0.2, 0) is 6.54 Å². The number of hydrogen-bond acceptors (Lipinski definition) is 4. The van der Waals surface area contributed by atoms with Gasteiger partial charge in [-0.3, -0.25) is 9.69 Å². The van der Waals surface area contributed by atoms with Crippen LogP contribution in [0.15, 0.2) is 29.1 Å². The molecule has 110 valence electrons. The van der Waals surface area contributed by atoms with Gasteiger partial charge in [0.25, 0.3) is 5.56 Å². The molecular weight excluding hydrogens is 299 g/mol. The normalized spacial score (nSPS) is 15.4. The third-order valence-corrected chi connectivity index (χ3v) is 3.24. The minimum atomic E-state index is -0.0502. The third kappa shape index (κ3) is 3.70. The lowest BCUT2D eigenvalue weighted by molar-refractivity contribution is 0.228. The molecule has 2 aromatic rings. The Morgan fingerprint density at radius 2 is 1.85 bits per heavy atom. The third-order valence-electron chi connectivity index (χ3n) is 3.24. The molecule has 1 saturated heterocycles. The van der Waals surface area contributed by atoms with Crippen molar-refractivity contribution >= 4 is 35.7 Å². The number of aromatic amines is 1. The summed E-state index contributed by atoms with van der Waals surface area (Å²) in [4.78, 5) is 21.6. The largest absolute Gasteiger partial charge is 0.314 e. The van der Waals surface area contributed by atoms with E-state index < -0.39 is 0 Å². The quantitative estimate of drug-likeness (QED) is 0.873. The van der Waals surface area contributed by atoms with E-state index in [9.17, 15) is 4.79 Å². The van der Waals surface area contributed by atoms with Crippen LogP contribution >= 0.6 is 24.8 Å². The molecule has 7 heteroatoms. The number of nitrogens with one attached hydrogen (secondary N) is 2. The molecule has 0 amide bonds. The predicted octanol–water partition coefficient (Wildman–Crippen LogP) is 1.17. The van der Waals surface area contributed by atoms with Gasteiger partial charge in [0.05, 0.1) is 17.4 Å². The lowest BCUT2D eigenvalue weighted by atomic mass is 10.2. The summed E-state index contributed by atoms with van der Waals surface area (Å²) in [6, 6.07) is 7.44. The van der Waals surface area contributed by atoms with Gasteiger partial charge in [-0.25, -0.2) is 4.98 Å². The second kappa shape index (κ2) is 7.59. The molecule has 1 aromatic carbocycles. The summed E-state index contributed by atoms with van der Waals surface area (Å²) in [6.45, 7) is 4.70. The van der Waals surface area contributed by atoms with E-state index in [0.29, 0.717) is 11.9 Å². The summed E-state index contributed by atoms with van der Waals surface area (Å²) in [5, 5.41) is 3.96. The van der Waals surface area contributed by atoms with Gasteiger partial charge in [0.1, 0.15) is 5.82 Å². The van der Waals surface area contributed by atoms with Gasteiger partial charge < -0.3 is 10.3 Å². The van der Waals surface area contributed by atoms with Crippen molar-refractivity contribution in [2.24, 2.45) is 0 Å². The Kier molecular flexibility index (Phi) is 6.42. The van der Waals surface area contributed by atoms with Crippen LogP contribution in [0.25, 0.3) is 10.9 Å². The van der Waals surface area contributed by atoms with Crippen molar-refractivity contribution in [3.63, 3.8) is 0 Å². The van der Waals surface area contributed by atoms with Crippen molar-refractivity contribution in [2.75, 3.05) is 26.2 Å². The summed E-state index contributed by atoms with van der Waals surface area (Å²) < 4.78 is 0. The fourth-order valence-electron chi connectivity index (χ4n) is 2.29. The number of hydrogen-bond donors (Lipinski definition) is 2. The molecule has 0 spiro atoms. The zero-order valence-corrected chi connectivity index (χ0v) is 12.6. The highest BCUT2D eigenvalue weighted by atomic mass is 35.5. The molecule has 2 N–H and O–H groups in total. The van der Waals surface area contributed by atoms with Crippen LogP contribution in [0.5, 0.6) is 0 Å². The molecule has 3 rings (SSSR count). The van der Waals surface area contributed by atoms with Crippen LogP contribution in [0.1, 0.15) is 5.82 Å². The highest BCUT2D eigenvalue weighted by Crippen LogP contribution is 2.07. The van der Waals surface area contributed by atoms with Crippen molar-refractivity contribution < 1.29 is 0 Å². The Balaban J connectivity index is 0.000001000. The van der Waals surface area contributed by atoms with Crippen LogP contribution in [0.3, 0.4) is 0 Å². The van der Waals surface area contributed by atoms with Gasteiger partial charge in [-0.1, -0.05) is 12.1 Å². The fourth-order valence-corrected chi connectivity index (χ4v) is 2.29. The molecule has 5 nitrogen and oxygen atoms in total. The molecule has 0 aliphatic carbocycles. The SMILES string of the molecule is Cl.Cl.O=c1[nH]c(CN2CCNCC2)nc2ccccc12. The van der Waals surface area contributed by atoms with E-state index in [4.69, 9.17) is 0 Å². The van der Waals surface area contributed by atoms with Gasteiger partial charge in [-0.15, -0.1) is 24.8 Å². The Bertz CT molecular complexity index is 611. The summed E-state index contributed by atoms with van der Waals surface area (Å²) in [5.41, 5.74) is 0.720. The highest BCUT2D eigenvalue weighted by molar-refractivity contribution is 5.85. The average molecular weight is 317 g/mol. The first-order valence-electron chi connectivity index (χ1n) is 6.24. The summed E-state index contributed by atoms with van der Waals surface area (Å²) in [7, 11) is 0. The monoisotopic (exact) mass is 316 g/mol. The van der Waals surface area contributed by atoms with Gasteiger partial charge in [-0.05, 0) is 12.1 Å². The Morgan fingerprint density at radius 1 is 1.15 bits per heavy atom. The van der Waals surface area contributed by atoms with Crippen molar-refractivity contribution in [3.05, 3.63) is 40.4 Å². The first-order valence-corrected chi connectivity index (χ1v) is 6.24. The number of rotatable bonds is 2. The van der Waals surface area contributed by atoms with Gasteiger partial charge in [0.15, 0.2) is 0 Å². The van der Waals surface area contributed by atoms with E-state index in [-0.39, 0.29) is 30.4 Å². The number of piperazine rings is 1. The first kappa shape index (κ1) is 16.9. The maximum Gasteiger partial charge on any atom is 0.258 e. The maximum absolute atomic E-state index is 11.9. The maximum atomic E-state index is 11.9. The van der Waals surface area contributed by atoms with Crippen LogP contribution in [0, 0.1) is 0 Å². The molecule has 20 heavy (non-hydrogen) atoms. The van der Waals surface area contributed by atoms with Crippen molar-refractivity contribution in [1.82, 2.24) is 20.2 Å². The summed E-state index contributed by atoms with van der Waals surface area (Å²) in [6.07, 6.45) is 0. The number of para-hydroxylation sites is 1. The number of benzene rings is 1. The fraction of sp³-hybridized carbons (Fsp3) is 0.385. The number of H-pyrrole nitrogens is 1. The van der Waals surface area contributed by atoms with Crippen molar-refractivity contribution in [3.8, 4) is 0 Å². The molecule has 0 unspecified atom stereocenters. The van der Waals surface area contributed by atoms with E-state index in [1.165, 1.54) is 0 Å². The van der Waals surface area contributed by atoms with Crippen LogP contribution in [0.4, 0.5) is 0 Å². The summed E-state index contributed by atoms with van der Waals surface area (Å²) >= 11 is 0. The average Bonchev–Trinajstić information content (AvgIpc) is 2.40. The van der Waals surface area contributed by atoms with E-state index in [0.717, 1.165) is 37.5 Å². The standard InChI is InChI=1S/C13H16N4O.2ClH/c18-13-10-3-1-2-4-11(10)15-12(16-13)9-17-7-5-14-6-8-17;;/h1-4,14H,5-9H2,(H,15,16,18);2*1H. The molecule has 1 fully saturated rings. The molecule has 1 aliphatic rings. The number of aromatic nitrogens is 2. The topological polar surface area (TPSA) is 61.0 Å². The number of nitrogens with zero attached hydrogens (tertiary/aromatic N) is 2. The number of fused-ring (bicyclic) bond motifs is 1. The number of halogens is 2. The van der Waals surface area contributed by atoms with Gasteiger partial charge >= 0.3 is 0 Å². The molecule has 0 saturated carbocycles. The Labute approximate surface area is 129 Å². The Hall–Kier alpha value is -1.14. The first-order chi connectivity index (χ1) is 8.83. The lowest BCUT2D eigenvalue weighted by Gasteiger charge is -2.26. The molecular formula is C13H18Cl2N4O.